The zero-order valence-corrected chi connectivity index (χ0v) is 67.4. The van der Waals surface area contributed by atoms with Gasteiger partial charge in [-0.3, -0.25) is 24.9 Å². The Kier molecular flexibility index (Phi) is 24.4. The molecule has 488 valence electrons. The predicted octanol–water partition coefficient (Wildman–Crippen LogP) is 20.0. The first-order valence-corrected chi connectivity index (χ1v) is 32.6. The van der Waals surface area contributed by atoms with Crippen molar-refractivity contribution in [2.45, 2.75) is 189 Å². The molecule has 0 amide bonds. The van der Waals surface area contributed by atoms with Gasteiger partial charge in [0.05, 0.1) is 39.3 Å². The summed E-state index contributed by atoms with van der Waals surface area (Å²) in [6.07, 6.45) is 11.3. The minimum atomic E-state index is -0.404. The number of nitrogens with zero attached hydrogens (tertiary/aromatic N) is 8. The first kappa shape index (κ1) is 76.2. The molecule has 6 aliphatic rings. The van der Waals surface area contributed by atoms with Crippen molar-refractivity contribution in [1.82, 2.24) is 19.9 Å². The molecule has 0 bridgehead atoms. The van der Waals surface area contributed by atoms with Crippen molar-refractivity contribution in [2.24, 2.45) is 9.98 Å². The molecule has 0 N–H and O–H groups in total. The van der Waals surface area contributed by atoms with E-state index < -0.39 is 14.2 Å². The van der Waals surface area contributed by atoms with E-state index in [0.717, 1.165) is 101 Å². The average molecular weight is 1380 g/mol. The first-order valence-electron chi connectivity index (χ1n) is 32.6. The van der Waals surface area contributed by atoms with Gasteiger partial charge in [0.25, 0.3) is 0 Å². The zero-order chi connectivity index (χ0) is 68.5. The van der Waals surface area contributed by atoms with E-state index >= 15 is 0 Å². The Hall–Kier alpha value is -7.14. The van der Waals surface area contributed by atoms with Crippen molar-refractivity contribution in [3.05, 3.63) is 223 Å². The molecule has 2 saturated heterocycles. The average Bonchev–Trinajstić information content (AvgIpc) is 1.59. The van der Waals surface area contributed by atoms with E-state index in [0.29, 0.717) is 0 Å². The number of pyridine rings is 4. The molecular weight excluding hydrogens is 1290 g/mol. The number of aryl methyl sites for hydroxylation is 12. The van der Waals surface area contributed by atoms with E-state index in [9.17, 15) is 0 Å². The van der Waals surface area contributed by atoms with E-state index in [-0.39, 0.29) is 61.4 Å². The third kappa shape index (κ3) is 16.9. The Bertz CT molecular complexity index is 4110. The van der Waals surface area contributed by atoms with E-state index in [2.05, 4.69) is 243 Å². The molecule has 0 spiro atoms. The van der Waals surface area contributed by atoms with Crippen molar-refractivity contribution in [1.29, 1.82) is 0 Å². The van der Waals surface area contributed by atoms with Crippen LogP contribution in [0.5, 0.6) is 0 Å². The van der Waals surface area contributed by atoms with Crippen molar-refractivity contribution in [2.75, 3.05) is 0 Å². The molecule has 96 heavy (non-hydrogen) atoms. The van der Waals surface area contributed by atoms with Crippen molar-refractivity contribution in [3.8, 4) is 22.5 Å². The summed E-state index contributed by atoms with van der Waals surface area (Å²) in [4.78, 5) is 27.6. The smallest absolute Gasteiger partial charge is 0.661 e. The van der Waals surface area contributed by atoms with Crippen LogP contribution in [-0.2, 0) is 57.6 Å². The van der Waals surface area contributed by atoms with Gasteiger partial charge in [0, 0.05) is 35.0 Å². The predicted molar refractivity (Wildman–Crippen MR) is 397 cm³/mol. The van der Waals surface area contributed by atoms with E-state index in [1.54, 1.807) is 24.8 Å². The summed E-state index contributed by atoms with van der Waals surface area (Å²) in [5.41, 5.74) is 29.3. The second-order valence-electron chi connectivity index (χ2n) is 27.9. The van der Waals surface area contributed by atoms with E-state index in [4.69, 9.17) is 39.2 Å². The van der Waals surface area contributed by atoms with E-state index in [1.807, 2.05) is 52.0 Å². The third-order valence-electron chi connectivity index (χ3n) is 18.3. The first-order chi connectivity index (χ1) is 44.1. The SMILES string of the molecule is CC(/C=C(/C)[N-]c1c(C)cc(C)cc1C)=Nc1c(C)cc(C)cc1C.CC(/C=C(/C)[N-]c1c(C)cc(C)cc1C)=Nc1c(C)cc(C)cc1C.CC1(C)OB(c2c3c[cH-]cnc-3c3ncccc23)OC1(C)C.CC1(C)OB(c2c3cc[cH-]nc-3c3ncccc23)OC1(C)C.[Zn+2].[Zn+2]. The number of benzene rings is 4. The van der Waals surface area contributed by atoms with Gasteiger partial charge in [0.1, 0.15) is 0 Å². The van der Waals surface area contributed by atoms with Gasteiger partial charge in [-0.1, -0.05) is 149 Å². The third-order valence-corrected chi connectivity index (χ3v) is 18.3. The second-order valence-corrected chi connectivity index (χ2v) is 27.9. The summed E-state index contributed by atoms with van der Waals surface area (Å²) >= 11 is 0. The van der Waals surface area contributed by atoms with Gasteiger partial charge in [0.15, 0.2) is 0 Å². The van der Waals surface area contributed by atoms with Crippen LogP contribution < -0.4 is 10.9 Å². The van der Waals surface area contributed by atoms with Crippen molar-refractivity contribution in [3.63, 3.8) is 0 Å². The van der Waals surface area contributed by atoms with Crippen LogP contribution >= 0.6 is 0 Å². The van der Waals surface area contributed by atoms with Gasteiger partial charge in [0.2, 0.25) is 0 Å². The van der Waals surface area contributed by atoms with Gasteiger partial charge in [-0.25, -0.2) is 6.07 Å². The van der Waals surface area contributed by atoms with Crippen LogP contribution in [0.4, 0.5) is 22.7 Å². The second kappa shape index (κ2) is 30.7. The summed E-state index contributed by atoms with van der Waals surface area (Å²) in [7, 11) is -0.809. The molecule has 12 nitrogen and oxygen atoms in total. The van der Waals surface area contributed by atoms with E-state index in [1.165, 1.54) is 66.8 Å². The molecule has 0 radical (unpaired) electrons. The number of allylic oxidation sites excluding steroid dienone is 4. The van der Waals surface area contributed by atoms with Gasteiger partial charge >= 0.3 is 53.2 Å². The van der Waals surface area contributed by atoms with Gasteiger partial charge in [-0.15, -0.1) is 22.5 Å². The fourth-order valence-corrected chi connectivity index (χ4v) is 12.8. The Labute approximate surface area is 598 Å². The Morgan fingerprint density at radius 2 is 0.802 bits per heavy atom. The van der Waals surface area contributed by atoms with Gasteiger partial charge in [-0.05, 0) is 209 Å². The summed E-state index contributed by atoms with van der Waals surface area (Å²) in [5, 5.41) is 11.7. The fraction of sp³-hybridized carbons (Fsp3) is 0.350. The monoisotopic (exact) mass is 1380 g/mol. The van der Waals surface area contributed by atoms with Crippen LogP contribution in [0.25, 0.3) is 55.0 Å². The molecule has 2 fully saturated rings. The Morgan fingerprint density at radius 1 is 0.458 bits per heavy atom. The molecule has 0 atom stereocenters. The van der Waals surface area contributed by atoms with Crippen LogP contribution in [0.15, 0.2) is 155 Å². The quantitative estimate of drug-likeness (QED) is 0.0749. The van der Waals surface area contributed by atoms with Gasteiger partial charge < -0.3 is 34.2 Å². The number of hydrogen-bond donors (Lipinski definition) is 0. The fourth-order valence-electron chi connectivity index (χ4n) is 12.8. The normalized spacial score (nSPS) is 15.7. The number of fused-ring (bicyclic) bond motifs is 6. The molecule has 0 unspecified atom stereocenters. The number of rotatable bonds is 10. The molecule has 6 heterocycles. The summed E-state index contributed by atoms with van der Waals surface area (Å²) in [6.45, 7) is 50.1. The zero-order valence-electron chi connectivity index (χ0n) is 61.5. The van der Waals surface area contributed by atoms with Crippen molar-refractivity contribution >= 4 is 81.1 Å². The maximum Gasteiger partial charge on any atom is 2.00 e. The largest absolute Gasteiger partial charge is 2.00 e. The molecule has 0 saturated carbocycles. The van der Waals surface area contributed by atoms with Crippen LogP contribution in [0, 0.1) is 83.1 Å². The summed E-state index contributed by atoms with van der Waals surface area (Å²) < 4.78 is 25.0. The number of aliphatic imine (C=N–C) groups is 2. The molecule has 2 aliphatic carbocycles. The maximum atomic E-state index is 6.25. The maximum absolute atomic E-state index is 6.25. The van der Waals surface area contributed by atoms with Crippen LogP contribution in [0.3, 0.4) is 0 Å². The molecular formula is C80H94B2N8O4Zn2. The minimum absolute atomic E-state index is 0. The molecule has 16 heteroatoms. The molecule has 2 aromatic heterocycles. The van der Waals surface area contributed by atoms with Crippen LogP contribution in [0.1, 0.15) is 150 Å². The summed E-state index contributed by atoms with van der Waals surface area (Å²) in [6, 6.07) is 33.4. The Morgan fingerprint density at radius 3 is 1.18 bits per heavy atom. The van der Waals surface area contributed by atoms with Gasteiger partial charge in [-0.2, -0.15) is 29.6 Å². The van der Waals surface area contributed by atoms with Crippen LogP contribution in [-0.4, -0.2) is 68.0 Å². The summed E-state index contributed by atoms with van der Waals surface area (Å²) in [5.74, 6) is 0. The topological polar surface area (TPSA) is 141 Å². The van der Waals surface area contributed by atoms with Crippen molar-refractivity contribution < 1.29 is 57.6 Å². The molecule has 4 aromatic carbocycles. The number of hydrogen-bond acceptors (Lipinski definition) is 10. The molecule has 6 aromatic rings. The standard InChI is InChI=1S/2C23H29N2.2C17H18BN2O2.2Zn/c2*1-14-9-16(3)22(17(4)10-14)24-20(7)13-21(8)25-23-18(5)11-15(2)12-19(23)6;2*1-16(2)17(3,4)22-18(21-16)13-11-7-5-9-19-14(11)15-12(13)8-6-10-20-15;;/h2*9-13H,1-8H3;2*5-10H,1-4H3;;/q4*-1;2*+2/b2*20-13-,25-21?;;;;. The molecule has 4 aliphatic heterocycles. The minimum Gasteiger partial charge on any atom is -0.661 e. The van der Waals surface area contributed by atoms with Crippen LogP contribution in [0.2, 0.25) is 0 Å². The molecule has 12 rings (SSSR count). The number of aromatic nitrogens is 4. The Balaban J connectivity index is 0.000000180.